The number of ether oxygens (including phenoxy) is 1. The molecule has 0 spiro atoms. The highest BCUT2D eigenvalue weighted by Crippen LogP contribution is 2.34. The van der Waals surface area contributed by atoms with Crippen LogP contribution in [0.3, 0.4) is 0 Å². The van der Waals surface area contributed by atoms with Crippen LogP contribution in [-0.2, 0) is 6.42 Å². The van der Waals surface area contributed by atoms with Crippen LogP contribution in [0, 0.1) is 12.7 Å². The number of hydrogen-bond donors (Lipinski definition) is 0. The molecule has 1 aromatic carbocycles. The van der Waals surface area contributed by atoms with E-state index in [2.05, 4.69) is 15.2 Å². The summed E-state index contributed by atoms with van der Waals surface area (Å²) in [4.78, 5) is 4.05. The average Bonchev–Trinajstić information content (AvgIpc) is 3.06. The Balaban J connectivity index is 1.67. The molecule has 0 aliphatic carbocycles. The number of alkyl halides is 3. The molecule has 0 amide bonds. The molecule has 0 N–H and O–H groups in total. The van der Waals surface area contributed by atoms with Crippen LogP contribution in [-0.4, -0.2) is 25.8 Å². The monoisotopic (exact) mass is 436 g/mol. The third-order valence-electron chi connectivity index (χ3n) is 4.29. The van der Waals surface area contributed by atoms with Gasteiger partial charge in [-0.3, -0.25) is 9.38 Å². The summed E-state index contributed by atoms with van der Waals surface area (Å²) in [6, 6.07) is 9.03. The molecule has 3 aromatic heterocycles. The molecular formula is C20H13ClF4N4O. The van der Waals surface area contributed by atoms with Crippen LogP contribution in [0.2, 0.25) is 5.02 Å². The maximum absolute atomic E-state index is 14.6. The summed E-state index contributed by atoms with van der Waals surface area (Å²) >= 11 is 6.33. The Morgan fingerprint density at radius 1 is 1.10 bits per heavy atom. The van der Waals surface area contributed by atoms with Crippen molar-refractivity contribution in [3.63, 3.8) is 0 Å². The van der Waals surface area contributed by atoms with Crippen LogP contribution in [0.25, 0.3) is 16.8 Å². The Labute approximate surface area is 172 Å². The van der Waals surface area contributed by atoms with Crippen molar-refractivity contribution >= 4 is 17.2 Å². The van der Waals surface area contributed by atoms with E-state index in [1.54, 1.807) is 31.3 Å². The minimum atomic E-state index is -4.43. The van der Waals surface area contributed by atoms with Crippen molar-refractivity contribution in [2.75, 3.05) is 0 Å². The quantitative estimate of drug-likeness (QED) is 0.380. The number of aryl methyl sites for hydroxylation is 1. The molecule has 10 heteroatoms. The number of hydrogen-bond acceptors (Lipinski definition) is 4. The van der Waals surface area contributed by atoms with E-state index < -0.39 is 18.4 Å². The fraction of sp³-hybridized carbons (Fsp3) is 0.150. The Morgan fingerprint density at radius 2 is 1.90 bits per heavy atom. The van der Waals surface area contributed by atoms with E-state index in [1.165, 1.54) is 28.8 Å². The van der Waals surface area contributed by atoms with Crippen molar-refractivity contribution in [3.8, 4) is 22.6 Å². The molecule has 3 heterocycles. The van der Waals surface area contributed by atoms with E-state index in [9.17, 15) is 17.6 Å². The summed E-state index contributed by atoms with van der Waals surface area (Å²) in [7, 11) is 0. The molecule has 0 radical (unpaired) electrons. The normalized spacial score (nSPS) is 11.8. The summed E-state index contributed by atoms with van der Waals surface area (Å²) in [6.45, 7) is 1.79. The smallest absolute Gasteiger partial charge is 0.396 e. The summed E-state index contributed by atoms with van der Waals surface area (Å²) in [5, 5.41) is 7.39. The lowest BCUT2D eigenvalue weighted by Crippen LogP contribution is -2.14. The van der Waals surface area contributed by atoms with E-state index >= 15 is 0 Å². The number of nitrogens with zero attached hydrogens (tertiary/aromatic N) is 4. The first-order chi connectivity index (χ1) is 14.2. The largest absolute Gasteiger partial charge is 0.454 e. The van der Waals surface area contributed by atoms with Crippen molar-refractivity contribution in [2.45, 2.75) is 19.5 Å². The van der Waals surface area contributed by atoms with Gasteiger partial charge < -0.3 is 4.74 Å². The fourth-order valence-electron chi connectivity index (χ4n) is 2.96. The van der Waals surface area contributed by atoms with E-state index in [4.69, 9.17) is 16.3 Å². The highest BCUT2D eigenvalue weighted by atomic mass is 35.5. The molecule has 0 aliphatic heterocycles. The zero-order chi connectivity index (χ0) is 21.5. The number of rotatable bonds is 4. The highest BCUT2D eigenvalue weighted by Gasteiger charge is 2.31. The lowest BCUT2D eigenvalue weighted by Gasteiger charge is -2.11. The Morgan fingerprint density at radius 3 is 2.60 bits per heavy atom. The molecule has 4 rings (SSSR count). The fourth-order valence-corrected chi connectivity index (χ4v) is 3.26. The van der Waals surface area contributed by atoms with Crippen molar-refractivity contribution < 1.29 is 22.3 Å². The van der Waals surface area contributed by atoms with Gasteiger partial charge in [0.25, 0.3) is 0 Å². The van der Waals surface area contributed by atoms with Crippen molar-refractivity contribution in [1.29, 1.82) is 0 Å². The molecule has 5 nitrogen and oxygen atoms in total. The minimum Gasteiger partial charge on any atom is -0.454 e. The zero-order valence-electron chi connectivity index (χ0n) is 15.4. The number of pyridine rings is 2. The molecular weight excluding hydrogens is 424 g/mol. The first kappa shape index (κ1) is 20.1. The number of benzene rings is 1. The minimum absolute atomic E-state index is 0.0106. The van der Waals surface area contributed by atoms with Gasteiger partial charge in [0.2, 0.25) is 0 Å². The third-order valence-corrected chi connectivity index (χ3v) is 4.66. The maximum Gasteiger partial charge on any atom is 0.396 e. The lowest BCUT2D eigenvalue weighted by atomic mass is 10.1. The van der Waals surface area contributed by atoms with Gasteiger partial charge >= 0.3 is 6.18 Å². The van der Waals surface area contributed by atoms with Crippen LogP contribution in [0.4, 0.5) is 17.6 Å². The van der Waals surface area contributed by atoms with Crippen LogP contribution in [0.5, 0.6) is 11.5 Å². The zero-order valence-corrected chi connectivity index (χ0v) is 16.2. The molecule has 0 saturated heterocycles. The lowest BCUT2D eigenvalue weighted by molar-refractivity contribution is -0.128. The van der Waals surface area contributed by atoms with Crippen LogP contribution in [0.1, 0.15) is 11.5 Å². The predicted molar refractivity (Wildman–Crippen MR) is 102 cm³/mol. The Bertz CT molecular complexity index is 1240. The average molecular weight is 437 g/mol. The second kappa shape index (κ2) is 7.56. The number of aromatic nitrogens is 4. The standard InChI is InChI=1S/C20H13ClF4N4O/c1-11-8-13(4-6-26-11)30-16-3-2-12(9-15(16)22)14-5-7-29-17(10-20(23,24)25)27-28-19(29)18(14)21/h2-9H,10H2,1H3. The Kier molecular flexibility index (Phi) is 5.07. The van der Waals surface area contributed by atoms with Crippen LogP contribution < -0.4 is 4.74 Å². The van der Waals surface area contributed by atoms with E-state index in [0.717, 1.165) is 5.69 Å². The van der Waals surface area contributed by atoms with E-state index in [1.807, 2.05) is 0 Å². The van der Waals surface area contributed by atoms with Gasteiger partial charge in [-0.1, -0.05) is 17.7 Å². The first-order valence-electron chi connectivity index (χ1n) is 8.70. The van der Waals surface area contributed by atoms with E-state index in [0.29, 0.717) is 16.9 Å². The number of fused-ring (bicyclic) bond motifs is 1. The van der Waals surface area contributed by atoms with Gasteiger partial charge in [0.15, 0.2) is 17.2 Å². The predicted octanol–water partition coefficient (Wildman–Crippen LogP) is 5.79. The number of halogens is 5. The van der Waals surface area contributed by atoms with Crippen molar-refractivity contribution in [2.24, 2.45) is 0 Å². The second-order valence-electron chi connectivity index (χ2n) is 6.53. The summed E-state index contributed by atoms with van der Waals surface area (Å²) in [5.74, 6) is -0.462. The molecule has 154 valence electrons. The van der Waals surface area contributed by atoms with Gasteiger partial charge in [-0.15, -0.1) is 10.2 Å². The SMILES string of the molecule is Cc1cc(Oc2ccc(-c3ccn4c(CC(F)(F)F)nnc4c3Cl)cc2F)ccn1. The molecule has 0 bridgehead atoms. The molecule has 0 fully saturated rings. The van der Waals surface area contributed by atoms with E-state index in [-0.39, 0.29) is 22.2 Å². The van der Waals surface area contributed by atoms with Gasteiger partial charge in [-0.05, 0) is 36.8 Å². The highest BCUT2D eigenvalue weighted by molar-refractivity contribution is 6.36. The molecule has 0 atom stereocenters. The van der Waals surface area contributed by atoms with Crippen molar-refractivity contribution in [3.05, 3.63) is 71.2 Å². The summed E-state index contributed by atoms with van der Waals surface area (Å²) < 4.78 is 59.4. The second-order valence-corrected chi connectivity index (χ2v) is 6.90. The summed E-state index contributed by atoms with van der Waals surface area (Å²) in [5.41, 5.74) is 1.60. The molecule has 30 heavy (non-hydrogen) atoms. The van der Waals surface area contributed by atoms with Crippen molar-refractivity contribution in [1.82, 2.24) is 19.6 Å². The molecule has 0 unspecified atom stereocenters. The van der Waals surface area contributed by atoms with Gasteiger partial charge in [-0.25, -0.2) is 4.39 Å². The summed E-state index contributed by atoms with van der Waals surface area (Å²) in [6.07, 6.45) is -2.74. The molecule has 4 aromatic rings. The van der Waals surface area contributed by atoms with Gasteiger partial charge in [0, 0.05) is 29.7 Å². The Hall–Kier alpha value is -3.20. The van der Waals surface area contributed by atoms with Gasteiger partial charge in [0.05, 0.1) is 5.02 Å². The first-order valence-corrected chi connectivity index (χ1v) is 9.08. The van der Waals surface area contributed by atoms with Gasteiger partial charge in [-0.2, -0.15) is 13.2 Å². The maximum atomic E-state index is 14.6. The van der Waals surface area contributed by atoms with Gasteiger partial charge in [0.1, 0.15) is 18.0 Å². The van der Waals surface area contributed by atoms with Crippen LogP contribution in [0.15, 0.2) is 48.8 Å². The topological polar surface area (TPSA) is 52.3 Å². The van der Waals surface area contributed by atoms with Crippen LogP contribution >= 0.6 is 11.6 Å². The molecule has 0 saturated carbocycles. The third kappa shape index (κ3) is 4.06. The molecule has 0 aliphatic rings.